The van der Waals surface area contributed by atoms with E-state index >= 15 is 0 Å². The van der Waals surface area contributed by atoms with Crippen molar-refractivity contribution in [3.8, 4) is 0 Å². The number of hydrogen-bond acceptors (Lipinski definition) is 8. The number of nitrogens with zero attached hydrogens (tertiary/aromatic N) is 4. The van der Waals surface area contributed by atoms with Crippen molar-refractivity contribution in [2.75, 3.05) is 26.7 Å². The SMILES string of the molecule is CN1C[C@@H](S)C[C@H]1C(=O)N1CC[C@@H](N(C(=N)N)C(=O)OCc2ccc([N+](=O)[O-])cc2)C1. The van der Waals surface area contributed by atoms with E-state index in [4.69, 9.17) is 15.9 Å². The molecule has 12 heteroatoms. The van der Waals surface area contributed by atoms with Crippen LogP contribution in [0.5, 0.6) is 0 Å². The molecule has 3 atom stereocenters. The van der Waals surface area contributed by atoms with Crippen LogP contribution < -0.4 is 5.73 Å². The van der Waals surface area contributed by atoms with Gasteiger partial charge in [-0.2, -0.15) is 12.6 Å². The zero-order chi connectivity index (χ0) is 22.7. The number of hydrogen-bond donors (Lipinski definition) is 3. The van der Waals surface area contributed by atoms with Crippen LogP contribution in [-0.4, -0.2) is 81.6 Å². The predicted molar refractivity (Wildman–Crippen MR) is 116 cm³/mol. The van der Waals surface area contributed by atoms with Gasteiger partial charge >= 0.3 is 6.09 Å². The molecule has 0 aliphatic carbocycles. The normalized spacial score (nSPS) is 23.5. The number of non-ortho nitro benzene ring substituents is 1. The van der Waals surface area contributed by atoms with Crippen molar-refractivity contribution in [1.29, 1.82) is 5.41 Å². The van der Waals surface area contributed by atoms with E-state index in [9.17, 15) is 19.7 Å². The maximum absolute atomic E-state index is 12.9. The molecule has 2 aliphatic heterocycles. The van der Waals surface area contributed by atoms with Crippen LogP contribution in [0, 0.1) is 15.5 Å². The molecule has 1 aromatic carbocycles. The van der Waals surface area contributed by atoms with E-state index in [1.807, 2.05) is 11.9 Å². The number of nitro benzene ring substituents is 1. The van der Waals surface area contributed by atoms with Gasteiger partial charge in [-0.15, -0.1) is 0 Å². The Morgan fingerprint density at radius 3 is 2.58 bits per heavy atom. The molecule has 1 aromatic rings. The molecular formula is C19H26N6O5S. The molecule has 3 N–H and O–H groups in total. The Hall–Kier alpha value is -2.86. The number of likely N-dealkylation sites (N-methyl/N-ethyl adjacent to an activating group) is 1. The van der Waals surface area contributed by atoms with E-state index in [2.05, 4.69) is 12.6 Å². The highest BCUT2D eigenvalue weighted by atomic mass is 32.1. The second-order valence-corrected chi connectivity index (χ2v) is 8.54. The van der Waals surface area contributed by atoms with Crippen molar-refractivity contribution < 1.29 is 19.2 Å². The highest BCUT2D eigenvalue weighted by Gasteiger charge is 2.40. The number of carbonyl (C=O) groups is 2. The third kappa shape index (κ3) is 5.25. The minimum atomic E-state index is -0.793. The summed E-state index contributed by atoms with van der Waals surface area (Å²) in [4.78, 5) is 40.4. The monoisotopic (exact) mass is 450 g/mol. The minimum Gasteiger partial charge on any atom is -0.444 e. The van der Waals surface area contributed by atoms with E-state index in [1.54, 1.807) is 4.90 Å². The maximum Gasteiger partial charge on any atom is 0.417 e. The van der Waals surface area contributed by atoms with Crippen LogP contribution in [-0.2, 0) is 16.1 Å². The molecule has 2 heterocycles. The van der Waals surface area contributed by atoms with Crippen LogP contribution >= 0.6 is 12.6 Å². The Labute approximate surface area is 185 Å². The minimum absolute atomic E-state index is 0.00991. The summed E-state index contributed by atoms with van der Waals surface area (Å²) in [6.45, 7) is 1.36. The summed E-state index contributed by atoms with van der Waals surface area (Å²) in [6, 6.07) is 4.94. The number of thiol groups is 1. The summed E-state index contributed by atoms with van der Waals surface area (Å²) < 4.78 is 5.27. The lowest BCUT2D eigenvalue weighted by Crippen LogP contribution is -2.50. The first kappa shape index (κ1) is 22.8. The first-order valence-electron chi connectivity index (χ1n) is 9.87. The molecule has 3 rings (SSSR count). The zero-order valence-corrected chi connectivity index (χ0v) is 18.0. The Balaban J connectivity index is 1.58. The van der Waals surface area contributed by atoms with E-state index in [0.29, 0.717) is 24.9 Å². The van der Waals surface area contributed by atoms with Crippen molar-refractivity contribution in [2.24, 2.45) is 5.73 Å². The van der Waals surface area contributed by atoms with Gasteiger partial charge < -0.3 is 15.4 Å². The van der Waals surface area contributed by atoms with Gasteiger partial charge in [0.2, 0.25) is 5.91 Å². The molecular weight excluding hydrogens is 424 g/mol. The number of nitro groups is 1. The first-order valence-corrected chi connectivity index (χ1v) is 10.4. The molecule has 0 saturated carbocycles. The maximum atomic E-state index is 12.9. The number of likely N-dealkylation sites (tertiary alicyclic amines) is 2. The number of carbonyl (C=O) groups excluding carboxylic acids is 2. The van der Waals surface area contributed by atoms with Gasteiger partial charge in [-0.1, -0.05) is 0 Å². The van der Waals surface area contributed by atoms with Crippen molar-refractivity contribution in [3.05, 3.63) is 39.9 Å². The lowest BCUT2D eigenvalue weighted by Gasteiger charge is -2.28. The van der Waals surface area contributed by atoms with Gasteiger partial charge in [0.1, 0.15) is 6.61 Å². The fourth-order valence-corrected chi connectivity index (χ4v) is 4.45. The largest absolute Gasteiger partial charge is 0.444 e. The number of ether oxygens (including phenoxy) is 1. The van der Waals surface area contributed by atoms with Crippen LogP contribution in [0.3, 0.4) is 0 Å². The van der Waals surface area contributed by atoms with Gasteiger partial charge in [-0.25, -0.2) is 9.69 Å². The summed E-state index contributed by atoms with van der Waals surface area (Å²) in [5, 5.41) is 18.7. The molecule has 2 fully saturated rings. The molecule has 2 aliphatic rings. The van der Waals surface area contributed by atoms with Crippen molar-refractivity contribution in [2.45, 2.75) is 36.8 Å². The fraction of sp³-hybridized carbons (Fsp3) is 0.526. The summed E-state index contributed by atoms with van der Waals surface area (Å²) in [5.74, 6) is -0.467. The summed E-state index contributed by atoms with van der Waals surface area (Å²) >= 11 is 4.46. The molecule has 2 saturated heterocycles. The Kier molecular flexibility index (Phi) is 7.01. The Morgan fingerprint density at radius 1 is 1.35 bits per heavy atom. The van der Waals surface area contributed by atoms with Crippen molar-refractivity contribution in [3.63, 3.8) is 0 Å². The summed E-state index contributed by atoms with van der Waals surface area (Å²) in [5.41, 5.74) is 6.14. The summed E-state index contributed by atoms with van der Waals surface area (Å²) in [7, 11) is 1.89. The third-order valence-electron chi connectivity index (χ3n) is 5.62. The Morgan fingerprint density at radius 2 is 2.03 bits per heavy atom. The number of nitrogens with one attached hydrogen (secondary N) is 1. The zero-order valence-electron chi connectivity index (χ0n) is 17.1. The van der Waals surface area contributed by atoms with Gasteiger partial charge in [-0.3, -0.25) is 25.2 Å². The average Bonchev–Trinajstić information content (AvgIpc) is 3.32. The molecule has 11 nitrogen and oxygen atoms in total. The average molecular weight is 451 g/mol. The molecule has 31 heavy (non-hydrogen) atoms. The lowest BCUT2D eigenvalue weighted by atomic mass is 10.2. The van der Waals surface area contributed by atoms with Crippen LogP contribution in [0.25, 0.3) is 0 Å². The number of guanidine groups is 1. The first-order chi connectivity index (χ1) is 14.7. The van der Waals surface area contributed by atoms with Crippen molar-refractivity contribution in [1.82, 2.24) is 14.7 Å². The highest BCUT2D eigenvalue weighted by Crippen LogP contribution is 2.25. The molecule has 0 unspecified atom stereocenters. The highest BCUT2D eigenvalue weighted by molar-refractivity contribution is 7.81. The van der Waals surface area contributed by atoms with Crippen LogP contribution in [0.1, 0.15) is 18.4 Å². The van der Waals surface area contributed by atoms with Crippen molar-refractivity contribution >= 4 is 36.3 Å². The van der Waals surface area contributed by atoms with E-state index in [1.165, 1.54) is 24.3 Å². The molecule has 0 aromatic heterocycles. The molecule has 0 radical (unpaired) electrons. The molecule has 2 amide bonds. The number of amides is 2. The van der Waals surface area contributed by atoms with Crippen LogP contribution in [0.4, 0.5) is 10.5 Å². The molecule has 0 spiro atoms. The lowest BCUT2D eigenvalue weighted by molar-refractivity contribution is -0.384. The second-order valence-electron chi connectivity index (χ2n) is 7.81. The molecule has 168 valence electrons. The number of benzene rings is 1. The third-order valence-corrected chi connectivity index (χ3v) is 5.99. The fourth-order valence-electron chi connectivity index (χ4n) is 4.00. The number of rotatable bonds is 5. The summed E-state index contributed by atoms with van der Waals surface area (Å²) in [6.07, 6.45) is 0.366. The van der Waals surface area contributed by atoms with E-state index in [0.717, 1.165) is 11.4 Å². The van der Waals surface area contributed by atoms with Crippen LogP contribution in [0.15, 0.2) is 24.3 Å². The Bertz CT molecular complexity index is 866. The van der Waals surface area contributed by atoms with Crippen LogP contribution in [0.2, 0.25) is 0 Å². The predicted octanol–water partition coefficient (Wildman–Crippen LogP) is 1.03. The second kappa shape index (κ2) is 9.52. The topological polar surface area (TPSA) is 146 Å². The quantitative estimate of drug-likeness (QED) is 0.200. The van der Waals surface area contributed by atoms with Gasteiger partial charge in [0.05, 0.1) is 17.0 Å². The van der Waals surface area contributed by atoms with Gasteiger partial charge in [0.25, 0.3) is 5.69 Å². The van der Waals surface area contributed by atoms with E-state index < -0.39 is 23.0 Å². The molecule has 0 bridgehead atoms. The smallest absolute Gasteiger partial charge is 0.417 e. The number of nitrogens with two attached hydrogens (primary N) is 1. The van der Waals surface area contributed by atoms with Gasteiger partial charge in [-0.05, 0) is 37.6 Å². The standard InChI is InChI=1S/C19H26N6O5S/c1-22-10-15(31)8-16(22)17(26)23-7-6-14(9-23)24(18(20)21)19(27)30-11-12-2-4-13(5-3-12)25(28)29/h2-5,14-16,31H,6-11H2,1H3,(H3,20,21)/t14-,15+,16+/m1/s1. The van der Waals surface area contributed by atoms with E-state index in [-0.39, 0.29) is 36.0 Å². The van der Waals surface area contributed by atoms with Gasteiger partial charge in [0.15, 0.2) is 5.96 Å². The van der Waals surface area contributed by atoms with Gasteiger partial charge in [0, 0.05) is 37.0 Å².